The first-order valence-electron chi connectivity index (χ1n) is 12.5. The van der Waals surface area contributed by atoms with Crippen molar-refractivity contribution in [1.82, 2.24) is 30.8 Å². The minimum Gasteiger partial charge on any atom is -0.476 e. The monoisotopic (exact) mass is 624 g/mol. The largest absolute Gasteiger partial charge is 0.476 e. The number of carboxylic acid groups (broad SMARTS) is 2. The molecule has 2 unspecified atom stereocenters. The van der Waals surface area contributed by atoms with Gasteiger partial charge in [-0.05, 0) is 57.0 Å². The third-order valence-electron chi connectivity index (χ3n) is 5.80. The Morgan fingerprint density at radius 2 is 1.32 bits per heavy atom. The number of hydrogen-bond donors (Lipinski definition) is 6. The van der Waals surface area contributed by atoms with Crippen LogP contribution in [0.25, 0.3) is 0 Å². The second-order valence-electron chi connectivity index (χ2n) is 9.63. The highest BCUT2D eigenvalue weighted by molar-refractivity contribution is 6.31. The summed E-state index contributed by atoms with van der Waals surface area (Å²) in [5.41, 5.74) is -3.80. The molecule has 6 N–H and O–H groups in total. The van der Waals surface area contributed by atoms with Crippen LogP contribution in [0.15, 0.2) is 36.4 Å². The number of aromatic nitrogens is 6. The van der Waals surface area contributed by atoms with Gasteiger partial charge in [0.1, 0.15) is 28.5 Å². The van der Waals surface area contributed by atoms with E-state index in [2.05, 4.69) is 54.5 Å². The molecule has 2 heterocycles. The smallest absolute Gasteiger partial charge is 0.359 e. The molecule has 2 aromatic heterocycles. The molecule has 0 saturated carbocycles. The summed E-state index contributed by atoms with van der Waals surface area (Å²) in [6.45, 7) is 2.82. The van der Waals surface area contributed by atoms with Gasteiger partial charge in [-0.25, -0.2) is 24.2 Å². The molecule has 0 aliphatic rings. The van der Waals surface area contributed by atoms with E-state index in [9.17, 15) is 24.2 Å². The van der Waals surface area contributed by atoms with E-state index in [0.717, 1.165) is 6.07 Å². The van der Waals surface area contributed by atoms with Gasteiger partial charge in [0.05, 0.1) is 10.6 Å². The maximum Gasteiger partial charge on any atom is 0.359 e. The van der Waals surface area contributed by atoms with E-state index in [1.54, 1.807) is 0 Å². The molecule has 0 fully saturated rings. The molecule has 0 aliphatic heterocycles. The fraction of sp³-hybridized carbons (Fsp3) is 0.214. The molecule has 0 radical (unpaired) electrons. The van der Waals surface area contributed by atoms with Crippen LogP contribution >= 0.6 is 11.6 Å². The molecular formula is C28H22ClFN6O8. The van der Waals surface area contributed by atoms with E-state index in [1.807, 2.05) is 0 Å². The molecule has 16 heteroatoms. The predicted octanol–water partition coefficient (Wildman–Crippen LogP) is 3.38. The average Bonchev–Trinajstić information content (AvgIpc) is 3.62. The molecule has 2 aromatic carbocycles. The normalized spacial score (nSPS) is 13.3. The van der Waals surface area contributed by atoms with Gasteiger partial charge >= 0.3 is 11.9 Å². The lowest BCUT2D eigenvalue weighted by molar-refractivity contribution is 0.0582. The average molecular weight is 625 g/mol. The first kappa shape index (κ1) is 31.5. The lowest BCUT2D eigenvalue weighted by atomic mass is 9.92. The molecule has 44 heavy (non-hydrogen) atoms. The van der Waals surface area contributed by atoms with E-state index < -0.39 is 34.7 Å². The van der Waals surface area contributed by atoms with Crippen molar-refractivity contribution in [3.63, 3.8) is 0 Å². The SMILES string of the molecule is CC(O)(C#Cc1ccc(Oc2nn[nH]c2C(=O)O)cc1F)CCC(C)(O)C#Cc1cc(Oc2nn[nH]c2C(=O)O)ccc1Cl. The van der Waals surface area contributed by atoms with Crippen molar-refractivity contribution in [2.75, 3.05) is 0 Å². The lowest BCUT2D eigenvalue weighted by Crippen LogP contribution is -2.29. The number of benzene rings is 2. The van der Waals surface area contributed by atoms with Crippen LogP contribution < -0.4 is 9.47 Å². The van der Waals surface area contributed by atoms with Gasteiger partial charge < -0.3 is 29.9 Å². The topological polar surface area (TPSA) is 217 Å². The molecule has 0 aliphatic carbocycles. The van der Waals surface area contributed by atoms with Crippen molar-refractivity contribution < 1.29 is 43.9 Å². The zero-order chi connectivity index (χ0) is 32.1. The zero-order valence-corrected chi connectivity index (χ0v) is 23.6. The highest BCUT2D eigenvalue weighted by Crippen LogP contribution is 2.27. The number of H-pyrrole nitrogens is 2. The minimum absolute atomic E-state index is 0.0325. The number of carbonyl (C=O) groups is 2. The molecular weight excluding hydrogens is 603 g/mol. The van der Waals surface area contributed by atoms with Crippen molar-refractivity contribution in [3.8, 4) is 46.9 Å². The number of carboxylic acids is 2. The van der Waals surface area contributed by atoms with Crippen LogP contribution in [0.2, 0.25) is 5.02 Å². The highest BCUT2D eigenvalue weighted by Gasteiger charge is 2.25. The first-order valence-corrected chi connectivity index (χ1v) is 12.9. The van der Waals surface area contributed by atoms with Gasteiger partial charge in [0.25, 0.3) is 11.8 Å². The fourth-order valence-electron chi connectivity index (χ4n) is 3.42. The van der Waals surface area contributed by atoms with E-state index in [1.165, 1.54) is 44.2 Å². The summed E-state index contributed by atoms with van der Waals surface area (Å²) in [4.78, 5) is 22.4. The number of aliphatic hydroxyl groups is 2. The van der Waals surface area contributed by atoms with E-state index >= 15 is 0 Å². The van der Waals surface area contributed by atoms with Crippen LogP contribution in [0.4, 0.5) is 4.39 Å². The van der Waals surface area contributed by atoms with Crippen LogP contribution in [0, 0.1) is 29.5 Å². The van der Waals surface area contributed by atoms with Crippen LogP contribution in [0.3, 0.4) is 0 Å². The Morgan fingerprint density at radius 1 is 0.841 bits per heavy atom. The van der Waals surface area contributed by atoms with Gasteiger partial charge in [-0.1, -0.05) is 55.9 Å². The maximum atomic E-state index is 14.6. The Balaban J connectivity index is 1.40. The van der Waals surface area contributed by atoms with Crippen LogP contribution in [0.5, 0.6) is 23.3 Å². The van der Waals surface area contributed by atoms with Gasteiger partial charge in [0.2, 0.25) is 11.4 Å². The van der Waals surface area contributed by atoms with Crippen LogP contribution in [-0.4, -0.2) is 74.4 Å². The summed E-state index contributed by atoms with van der Waals surface area (Å²) >= 11 is 6.22. The van der Waals surface area contributed by atoms with Crippen molar-refractivity contribution in [3.05, 3.63) is 69.8 Å². The van der Waals surface area contributed by atoms with Gasteiger partial charge in [0, 0.05) is 11.6 Å². The summed E-state index contributed by atoms with van der Waals surface area (Å²) in [6, 6.07) is 7.95. The number of ether oxygens (including phenoxy) is 2. The Morgan fingerprint density at radius 3 is 1.82 bits per heavy atom. The minimum atomic E-state index is -1.64. The molecule has 0 spiro atoms. The predicted molar refractivity (Wildman–Crippen MR) is 149 cm³/mol. The number of rotatable bonds is 9. The van der Waals surface area contributed by atoms with Crippen molar-refractivity contribution in [2.45, 2.75) is 37.9 Å². The molecule has 0 amide bonds. The lowest BCUT2D eigenvalue weighted by Gasteiger charge is -2.22. The number of nitrogens with one attached hydrogen (secondary N) is 2. The van der Waals surface area contributed by atoms with Crippen molar-refractivity contribution >= 4 is 23.5 Å². The molecule has 226 valence electrons. The third-order valence-corrected chi connectivity index (χ3v) is 6.13. The fourth-order valence-corrected chi connectivity index (χ4v) is 3.59. The Labute approximate surface area is 252 Å². The number of halogens is 2. The molecule has 0 bridgehead atoms. The van der Waals surface area contributed by atoms with E-state index in [0.29, 0.717) is 0 Å². The van der Waals surface area contributed by atoms with Crippen molar-refractivity contribution in [1.29, 1.82) is 0 Å². The summed E-state index contributed by atoms with van der Waals surface area (Å²) in [5.74, 6) is 6.58. The van der Waals surface area contributed by atoms with Gasteiger partial charge in [-0.2, -0.15) is 0 Å². The quantitative estimate of drug-likeness (QED) is 0.148. The summed E-state index contributed by atoms with van der Waals surface area (Å²) < 4.78 is 25.4. The Hall–Kier alpha value is -5.48. The zero-order valence-electron chi connectivity index (χ0n) is 22.8. The maximum absolute atomic E-state index is 14.6. The number of aromatic carboxylic acids is 2. The third kappa shape index (κ3) is 8.08. The van der Waals surface area contributed by atoms with Gasteiger partial charge in [-0.15, -0.1) is 0 Å². The van der Waals surface area contributed by atoms with E-state index in [-0.39, 0.29) is 57.9 Å². The molecule has 0 saturated heterocycles. The molecule has 2 atom stereocenters. The van der Waals surface area contributed by atoms with Crippen LogP contribution in [-0.2, 0) is 0 Å². The Bertz CT molecular complexity index is 1850. The Kier molecular flexibility index (Phi) is 9.15. The first-order chi connectivity index (χ1) is 20.7. The summed E-state index contributed by atoms with van der Waals surface area (Å²) in [7, 11) is 0. The molecule has 4 aromatic rings. The second-order valence-corrected chi connectivity index (χ2v) is 10.0. The standard InChI is InChI=1S/C28H22ClFN6O8/c1-27(41,9-7-15-3-4-18(14-20(15)30)44-24-22(26(39)40)32-36-34-24)11-12-28(2,42)10-8-16-13-17(5-6-19(16)29)43-23-21(25(37)38)31-35-33-23/h3-6,13-14,41-42H,11-12H2,1-2H3,(H,37,38)(H,39,40)(H,31,33,35)(H,32,34,36). The highest BCUT2D eigenvalue weighted by atomic mass is 35.5. The van der Waals surface area contributed by atoms with Crippen molar-refractivity contribution in [2.24, 2.45) is 0 Å². The van der Waals surface area contributed by atoms with Crippen LogP contribution in [0.1, 0.15) is 58.8 Å². The number of hydrogen-bond acceptors (Lipinski definition) is 10. The van der Waals surface area contributed by atoms with Gasteiger partial charge in [0.15, 0.2) is 0 Å². The number of aromatic amines is 2. The number of nitrogens with zero attached hydrogens (tertiary/aromatic N) is 4. The summed E-state index contributed by atoms with van der Waals surface area (Å²) in [5, 5.41) is 58.2. The van der Waals surface area contributed by atoms with Gasteiger partial charge in [-0.3, -0.25) is 0 Å². The van der Waals surface area contributed by atoms with E-state index in [4.69, 9.17) is 31.3 Å². The molecule has 4 rings (SSSR count). The second kappa shape index (κ2) is 12.8. The summed E-state index contributed by atoms with van der Waals surface area (Å²) in [6.07, 6.45) is -0.0785. The molecule has 14 nitrogen and oxygen atoms in total.